The van der Waals surface area contributed by atoms with Crippen molar-refractivity contribution in [2.45, 2.75) is 13.5 Å². The molecule has 0 radical (unpaired) electrons. The minimum atomic E-state index is -0.185. The molecule has 1 N–H and O–H groups in total. The smallest absolute Gasteiger partial charge is 0.263 e. The highest BCUT2D eigenvalue weighted by molar-refractivity contribution is 9.10. The van der Waals surface area contributed by atoms with E-state index in [0.717, 1.165) is 15.6 Å². The maximum Gasteiger partial charge on any atom is 0.263 e. The van der Waals surface area contributed by atoms with Crippen LogP contribution in [0.1, 0.15) is 16.7 Å². The Labute approximate surface area is 170 Å². The standard InChI is InChI=1S/C19H16BrNO3S2/c1-11-3-5-12(6-4-11)10-24-17-14(20)7-13(8-15(17)23-2)9-16-18(22)21-19(25)26-16/h3-9H,10H2,1-2H3,(H,21,22,25). The number of hydrogen-bond acceptors (Lipinski definition) is 5. The largest absolute Gasteiger partial charge is 0.493 e. The van der Waals surface area contributed by atoms with E-state index in [1.54, 1.807) is 13.2 Å². The molecular weight excluding hydrogens is 434 g/mol. The fourth-order valence-corrected chi connectivity index (χ4v) is 3.99. The van der Waals surface area contributed by atoms with Crippen molar-refractivity contribution in [2.75, 3.05) is 7.11 Å². The van der Waals surface area contributed by atoms with Gasteiger partial charge in [-0.2, -0.15) is 0 Å². The molecule has 1 fully saturated rings. The fraction of sp³-hybridized carbons (Fsp3) is 0.158. The van der Waals surface area contributed by atoms with Gasteiger partial charge < -0.3 is 14.8 Å². The van der Waals surface area contributed by atoms with Crippen LogP contribution in [0.3, 0.4) is 0 Å². The quantitative estimate of drug-likeness (QED) is 0.522. The SMILES string of the molecule is COc1cc(C=C2SC(=S)NC2=O)cc(Br)c1OCc1ccc(C)cc1. The number of rotatable bonds is 5. The van der Waals surface area contributed by atoms with Gasteiger partial charge in [0.05, 0.1) is 16.5 Å². The second-order valence-corrected chi connectivity index (χ2v) is 8.23. The maximum absolute atomic E-state index is 11.8. The lowest BCUT2D eigenvalue weighted by molar-refractivity contribution is -0.115. The van der Waals surface area contributed by atoms with E-state index in [1.165, 1.54) is 17.3 Å². The summed E-state index contributed by atoms with van der Waals surface area (Å²) in [5.74, 6) is 1.02. The first-order valence-corrected chi connectivity index (χ1v) is 9.79. The number of thioether (sulfide) groups is 1. The number of thiocarbonyl (C=S) groups is 1. The predicted molar refractivity (Wildman–Crippen MR) is 113 cm³/mol. The minimum absolute atomic E-state index is 0.185. The molecule has 0 atom stereocenters. The van der Waals surface area contributed by atoms with E-state index in [-0.39, 0.29) is 5.91 Å². The molecule has 0 aromatic heterocycles. The van der Waals surface area contributed by atoms with Crippen LogP contribution in [-0.2, 0) is 11.4 Å². The molecule has 2 aromatic carbocycles. The molecule has 0 unspecified atom stereocenters. The maximum atomic E-state index is 11.8. The monoisotopic (exact) mass is 449 g/mol. The van der Waals surface area contributed by atoms with Gasteiger partial charge in [0.25, 0.3) is 5.91 Å². The molecule has 1 heterocycles. The second-order valence-electron chi connectivity index (χ2n) is 5.66. The number of nitrogens with one attached hydrogen (secondary N) is 1. The van der Waals surface area contributed by atoms with Crippen molar-refractivity contribution >= 4 is 56.2 Å². The number of hydrogen-bond donors (Lipinski definition) is 1. The number of carbonyl (C=O) groups is 1. The third-order valence-corrected chi connectivity index (χ3v) is 5.45. The van der Waals surface area contributed by atoms with Crippen LogP contribution in [0.4, 0.5) is 0 Å². The molecule has 0 saturated carbocycles. The van der Waals surface area contributed by atoms with Gasteiger partial charge in [0.15, 0.2) is 11.5 Å². The van der Waals surface area contributed by atoms with Crippen LogP contribution in [0.5, 0.6) is 11.5 Å². The van der Waals surface area contributed by atoms with Gasteiger partial charge in [-0.05, 0) is 52.2 Å². The summed E-state index contributed by atoms with van der Waals surface area (Å²) in [6, 6.07) is 11.9. The molecule has 134 valence electrons. The summed E-state index contributed by atoms with van der Waals surface area (Å²) >= 11 is 9.79. The number of carbonyl (C=O) groups excluding carboxylic acids is 1. The first-order chi connectivity index (χ1) is 12.5. The van der Waals surface area contributed by atoms with Crippen LogP contribution >= 0.6 is 39.9 Å². The number of ether oxygens (including phenoxy) is 2. The van der Waals surface area contributed by atoms with Crippen molar-refractivity contribution in [2.24, 2.45) is 0 Å². The Morgan fingerprint density at radius 3 is 2.62 bits per heavy atom. The molecule has 2 aromatic rings. The van der Waals surface area contributed by atoms with Gasteiger partial charge in [0.2, 0.25) is 0 Å². The van der Waals surface area contributed by atoms with Crippen LogP contribution in [0.25, 0.3) is 6.08 Å². The van der Waals surface area contributed by atoms with Crippen LogP contribution in [-0.4, -0.2) is 17.3 Å². The summed E-state index contributed by atoms with van der Waals surface area (Å²) in [6.07, 6.45) is 1.77. The van der Waals surface area contributed by atoms with E-state index in [4.69, 9.17) is 21.7 Å². The molecule has 1 saturated heterocycles. The fourth-order valence-electron chi connectivity index (χ4n) is 2.38. The summed E-state index contributed by atoms with van der Waals surface area (Å²) < 4.78 is 12.6. The predicted octanol–water partition coefficient (Wildman–Crippen LogP) is 4.83. The summed E-state index contributed by atoms with van der Waals surface area (Å²) in [6.45, 7) is 2.48. The number of amides is 1. The highest BCUT2D eigenvalue weighted by Crippen LogP contribution is 2.38. The van der Waals surface area contributed by atoms with Crippen molar-refractivity contribution in [3.63, 3.8) is 0 Å². The molecule has 1 aliphatic rings. The van der Waals surface area contributed by atoms with Gasteiger partial charge in [0.1, 0.15) is 10.9 Å². The lowest BCUT2D eigenvalue weighted by Crippen LogP contribution is -2.17. The Bertz CT molecular complexity index is 894. The third kappa shape index (κ3) is 4.47. The molecule has 1 amide bonds. The summed E-state index contributed by atoms with van der Waals surface area (Å²) in [5, 5.41) is 2.60. The third-order valence-electron chi connectivity index (χ3n) is 3.70. The van der Waals surface area contributed by atoms with E-state index in [0.29, 0.717) is 27.3 Å². The molecule has 7 heteroatoms. The van der Waals surface area contributed by atoms with E-state index < -0.39 is 0 Å². The topological polar surface area (TPSA) is 47.6 Å². The molecular formula is C19H16BrNO3S2. The van der Waals surface area contributed by atoms with Gasteiger partial charge in [-0.3, -0.25) is 4.79 Å². The Hall–Kier alpha value is -1.83. The number of halogens is 1. The molecule has 1 aliphatic heterocycles. The molecule has 0 bridgehead atoms. The second kappa shape index (κ2) is 8.24. The average Bonchev–Trinajstić information content (AvgIpc) is 2.92. The van der Waals surface area contributed by atoms with Gasteiger partial charge in [0, 0.05) is 0 Å². The molecule has 26 heavy (non-hydrogen) atoms. The molecule has 3 rings (SSSR count). The summed E-state index contributed by atoms with van der Waals surface area (Å²) in [5.41, 5.74) is 3.10. The first kappa shape index (κ1) is 18.9. The van der Waals surface area contributed by atoms with Crippen molar-refractivity contribution < 1.29 is 14.3 Å². The number of methoxy groups -OCH3 is 1. The highest BCUT2D eigenvalue weighted by Gasteiger charge is 2.22. The summed E-state index contributed by atoms with van der Waals surface area (Å²) in [7, 11) is 1.59. The van der Waals surface area contributed by atoms with E-state index >= 15 is 0 Å². The number of benzene rings is 2. The Morgan fingerprint density at radius 1 is 1.27 bits per heavy atom. The first-order valence-electron chi connectivity index (χ1n) is 7.77. The van der Waals surface area contributed by atoms with Crippen molar-refractivity contribution in [1.82, 2.24) is 5.32 Å². The van der Waals surface area contributed by atoms with Gasteiger partial charge in [-0.1, -0.05) is 53.8 Å². The van der Waals surface area contributed by atoms with Gasteiger partial charge >= 0.3 is 0 Å². The Kier molecular flexibility index (Phi) is 6.01. The van der Waals surface area contributed by atoms with Crippen LogP contribution in [0, 0.1) is 6.92 Å². The van der Waals surface area contributed by atoms with Crippen LogP contribution in [0.15, 0.2) is 45.8 Å². The van der Waals surface area contributed by atoms with Crippen LogP contribution < -0.4 is 14.8 Å². The van der Waals surface area contributed by atoms with E-state index in [2.05, 4.69) is 33.4 Å². The molecule has 0 aliphatic carbocycles. The zero-order valence-electron chi connectivity index (χ0n) is 14.2. The zero-order chi connectivity index (χ0) is 18.7. The minimum Gasteiger partial charge on any atom is -0.493 e. The van der Waals surface area contributed by atoms with Crippen molar-refractivity contribution in [1.29, 1.82) is 0 Å². The Balaban J connectivity index is 1.83. The van der Waals surface area contributed by atoms with Crippen molar-refractivity contribution in [3.05, 3.63) is 62.5 Å². The van der Waals surface area contributed by atoms with Gasteiger partial charge in [-0.25, -0.2) is 0 Å². The Morgan fingerprint density at radius 2 is 2.00 bits per heavy atom. The highest BCUT2D eigenvalue weighted by atomic mass is 79.9. The number of aryl methyl sites for hydroxylation is 1. The van der Waals surface area contributed by atoms with Crippen molar-refractivity contribution in [3.8, 4) is 11.5 Å². The van der Waals surface area contributed by atoms with E-state index in [9.17, 15) is 4.79 Å². The van der Waals surface area contributed by atoms with E-state index in [1.807, 2.05) is 31.2 Å². The molecule has 4 nitrogen and oxygen atoms in total. The lowest BCUT2D eigenvalue weighted by Gasteiger charge is -2.14. The lowest BCUT2D eigenvalue weighted by atomic mass is 10.1. The average molecular weight is 450 g/mol. The summed E-state index contributed by atoms with van der Waals surface area (Å²) in [4.78, 5) is 12.4. The van der Waals surface area contributed by atoms with Crippen LogP contribution in [0.2, 0.25) is 0 Å². The van der Waals surface area contributed by atoms with Gasteiger partial charge in [-0.15, -0.1) is 0 Å². The zero-order valence-corrected chi connectivity index (χ0v) is 17.4. The normalized spacial score (nSPS) is 15.3. The molecule has 0 spiro atoms.